The summed E-state index contributed by atoms with van der Waals surface area (Å²) in [6.45, 7) is 1.54. The van der Waals surface area contributed by atoms with Gasteiger partial charge in [-0.25, -0.2) is 0 Å². The van der Waals surface area contributed by atoms with Crippen molar-refractivity contribution in [3.63, 3.8) is 0 Å². The highest BCUT2D eigenvalue weighted by Gasteiger charge is 2.23. The molecule has 1 N–H and O–H groups in total. The second-order valence-electron chi connectivity index (χ2n) is 5.06. The van der Waals surface area contributed by atoms with E-state index in [0.717, 1.165) is 30.7 Å². The van der Waals surface area contributed by atoms with Gasteiger partial charge in [0.25, 0.3) is 0 Å². The highest BCUT2D eigenvalue weighted by atomic mass is 35.5. The maximum atomic E-state index is 6.20. The fraction of sp³-hybridized carbons (Fsp3) is 0.312. The molecule has 0 spiro atoms. The molecule has 0 fully saturated rings. The molecule has 0 bridgehead atoms. The first-order valence-corrected chi connectivity index (χ1v) is 7.73. The number of aromatic nitrogens is 1. The Morgan fingerprint density at radius 1 is 1.33 bits per heavy atom. The van der Waals surface area contributed by atoms with Gasteiger partial charge in [-0.3, -0.25) is 4.98 Å². The van der Waals surface area contributed by atoms with Gasteiger partial charge in [-0.15, -0.1) is 0 Å². The lowest BCUT2D eigenvalue weighted by Crippen LogP contribution is -2.28. The summed E-state index contributed by atoms with van der Waals surface area (Å²) in [6, 6.07) is 7.92. The molecule has 0 saturated carbocycles. The minimum absolute atomic E-state index is 0.224. The largest absolute Gasteiger partial charge is 0.492 e. The van der Waals surface area contributed by atoms with Crippen molar-refractivity contribution in [2.75, 3.05) is 13.2 Å². The first kappa shape index (κ1) is 14.6. The number of hydrogen-bond acceptors (Lipinski definition) is 3. The third-order valence-corrected chi connectivity index (χ3v) is 4.09. The number of nitrogens with one attached hydrogen (secondary N) is 1. The molecule has 0 radical (unpaired) electrons. The number of benzene rings is 1. The van der Waals surface area contributed by atoms with Crippen LogP contribution in [0.15, 0.2) is 36.7 Å². The lowest BCUT2D eigenvalue weighted by atomic mass is 10.00. The summed E-state index contributed by atoms with van der Waals surface area (Å²) < 4.78 is 5.66. The van der Waals surface area contributed by atoms with Crippen LogP contribution in [0.25, 0.3) is 0 Å². The highest BCUT2D eigenvalue weighted by molar-refractivity contribution is 6.35. The van der Waals surface area contributed by atoms with Crippen LogP contribution in [0, 0.1) is 0 Å². The van der Waals surface area contributed by atoms with Crippen LogP contribution in [0.5, 0.6) is 5.75 Å². The summed E-state index contributed by atoms with van der Waals surface area (Å²) in [5.74, 6) is 0.756. The first-order valence-electron chi connectivity index (χ1n) is 6.98. The summed E-state index contributed by atoms with van der Waals surface area (Å²) in [6.07, 6.45) is 5.54. The van der Waals surface area contributed by atoms with Crippen LogP contribution in [-0.2, 0) is 6.42 Å². The summed E-state index contributed by atoms with van der Waals surface area (Å²) in [4.78, 5) is 4.13. The second-order valence-corrected chi connectivity index (χ2v) is 5.90. The van der Waals surface area contributed by atoms with Crippen molar-refractivity contribution in [1.29, 1.82) is 0 Å². The zero-order valence-corrected chi connectivity index (χ0v) is 13.0. The van der Waals surface area contributed by atoms with Crippen LogP contribution in [0.1, 0.15) is 23.6 Å². The number of fused-ring (bicyclic) bond motifs is 1. The molecule has 3 rings (SSSR count). The molecule has 0 saturated heterocycles. The van der Waals surface area contributed by atoms with E-state index in [4.69, 9.17) is 27.9 Å². The van der Waals surface area contributed by atoms with Gasteiger partial charge in [0.1, 0.15) is 5.75 Å². The fourth-order valence-corrected chi connectivity index (χ4v) is 3.14. The molecule has 1 aromatic heterocycles. The van der Waals surface area contributed by atoms with Gasteiger partial charge in [0.05, 0.1) is 11.6 Å². The summed E-state index contributed by atoms with van der Waals surface area (Å²) in [5.41, 5.74) is 2.27. The third kappa shape index (κ3) is 3.49. The van der Waals surface area contributed by atoms with E-state index in [1.165, 1.54) is 5.56 Å². The number of ether oxygens (including phenoxy) is 1. The summed E-state index contributed by atoms with van der Waals surface area (Å²) in [7, 11) is 0. The molecule has 0 aliphatic carbocycles. The van der Waals surface area contributed by atoms with Crippen LogP contribution >= 0.6 is 23.2 Å². The molecule has 110 valence electrons. The minimum Gasteiger partial charge on any atom is -0.492 e. The van der Waals surface area contributed by atoms with Crippen LogP contribution in [0.2, 0.25) is 10.0 Å². The molecule has 1 aliphatic rings. The van der Waals surface area contributed by atoms with Crippen molar-refractivity contribution in [2.24, 2.45) is 0 Å². The molecular weight excluding hydrogens is 307 g/mol. The van der Waals surface area contributed by atoms with E-state index in [1.807, 2.05) is 18.3 Å². The Morgan fingerprint density at radius 3 is 3.05 bits per heavy atom. The van der Waals surface area contributed by atoms with Gasteiger partial charge >= 0.3 is 0 Å². The Labute approximate surface area is 134 Å². The van der Waals surface area contributed by atoms with Gasteiger partial charge in [-0.05, 0) is 36.7 Å². The normalized spacial score (nSPS) is 17.1. The predicted octanol–water partition coefficient (Wildman–Crippen LogP) is 4.04. The van der Waals surface area contributed by atoms with Crippen LogP contribution in [0.3, 0.4) is 0 Å². The SMILES string of the molecule is Clc1cc(Cl)c2c(c1)C(NCCc1cccnc1)CCO2. The van der Waals surface area contributed by atoms with Crippen molar-refractivity contribution >= 4 is 23.2 Å². The standard InChI is InChI=1S/C16H16Cl2N2O/c17-12-8-13-15(4-7-21-16(13)14(18)9-12)20-6-3-11-2-1-5-19-10-11/h1-2,5,8-10,15,20H,3-4,6-7H2. The van der Waals surface area contributed by atoms with Gasteiger partial charge < -0.3 is 10.1 Å². The van der Waals surface area contributed by atoms with Gasteiger partial charge in [-0.2, -0.15) is 0 Å². The molecular formula is C16H16Cl2N2O. The molecule has 1 unspecified atom stereocenters. The average Bonchev–Trinajstić information content (AvgIpc) is 2.49. The first-order chi connectivity index (χ1) is 10.2. The van der Waals surface area contributed by atoms with Crippen molar-refractivity contribution in [1.82, 2.24) is 10.3 Å². The van der Waals surface area contributed by atoms with E-state index in [-0.39, 0.29) is 6.04 Å². The van der Waals surface area contributed by atoms with Crippen molar-refractivity contribution in [2.45, 2.75) is 18.9 Å². The molecule has 1 atom stereocenters. The third-order valence-electron chi connectivity index (χ3n) is 3.59. The van der Waals surface area contributed by atoms with Gasteiger partial charge in [0.15, 0.2) is 0 Å². The quantitative estimate of drug-likeness (QED) is 0.922. The Balaban J connectivity index is 1.68. The van der Waals surface area contributed by atoms with E-state index in [9.17, 15) is 0 Å². The molecule has 21 heavy (non-hydrogen) atoms. The van der Waals surface area contributed by atoms with E-state index >= 15 is 0 Å². The molecule has 2 heterocycles. The minimum atomic E-state index is 0.224. The zero-order chi connectivity index (χ0) is 14.7. The average molecular weight is 323 g/mol. The Hall–Kier alpha value is -1.29. The predicted molar refractivity (Wildman–Crippen MR) is 85.3 cm³/mol. The molecule has 2 aromatic rings. The Kier molecular flexibility index (Phi) is 4.63. The fourth-order valence-electron chi connectivity index (χ4n) is 2.57. The van der Waals surface area contributed by atoms with Crippen LogP contribution < -0.4 is 10.1 Å². The summed E-state index contributed by atoms with van der Waals surface area (Å²) in [5, 5.41) is 4.78. The number of nitrogens with zero attached hydrogens (tertiary/aromatic N) is 1. The van der Waals surface area contributed by atoms with Crippen molar-refractivity contribution < 1.29 is 4.74 Å². The van der Waals surface area contributed by atoms with Gasteiger partial charge in [0, 0.05) is 35.4 Å². The van der Waals surface area contributed by atoms with E-state index in [2.05, 4.69) is 16.4 Å². The van der Waals surface area contributed by atoms with Crippen molar-refractivity contribution in [3.05, 3.63) is 57.8 Å². The number of rotatable bonds is 4. The second kappa shape index (κ2) is 6.65. The smallest absolute Gasteiger partial charge is 0.142 e. The molecule has 5 heteroatoms. The van der Waals surface area contributed by atoms with E-state index in [1.54, 1.807) is 12.3 Å². The number of hydrogen-bond donors (Lipinski definition) is 1. The Bertz CT molecular complexity index is 619. The van der Waals surface area contributed by atoms with E-state index in [0.29, 0.717) is 16.7 Å². The maximum absolute atomic E-state index is 6.20. The van der Waals surface area contributed by atoms with Gasteiger partial charge in [0.2, 0.25) is 0 Å². The number of pyridine rings is 1. The highest BCUT2D eigenvalue weighted by Crippen LogP contribution is 2.39. The van der Waals surface area contributed by atoms with E-state index < -0.39 is 0 Å². The molecule has 1 aliphatic heterocycles. The lowest BCUT2D eigenvalue weighted by molar-refractivity contribution is 0.253. The molecule has 1 aromatic carbocycles. The Morgan fingerprint density at radius 2 is 2.24 bits per heavy atom. The maximum Gasteiger partial charge on any atom is 0.142 e. The molecule has 0 amide bonds. The zero-order valence-electron chi connectivity index (χ0n) is 11.5. The topological polar surface area (TPSA) is 34.2 Å². The monoisotopic (exact) mass is 322 g/mol. The summed E-state index contributed by atoms with van der Waals surface area (Å²) >= 11 is 12.3. The number of halogens is 2. The lowest BCUT2D eigenvalue weighted by Gasteiger charge is -2.27. The van der Waals surface area contributed by atoms with Crippen molar-refractivity contribution in [3.8, 4) is 5.75 Å². The van der Waals surface area contributed by atoms with Crippen LogP contribution in [0.4, 0.5) is 0 Å². The van der Waals surface area contributed by atoms with Gasteiger partial charge in [-0.1, -0.05) is 29.3 Å². The van der Waals surface area contributed by atoms with Crippen LogP contribution in [-0.4, -0.2) is 18.1 Å². The molecule has 3 nitrogen and oxygen atoms in total.